The lowest BCUT2D eigenvalue weighted by molar-refractivity contribution is -0.141. The average molecular weight is 280 g/mol. The number of rotatable bonds is 5. The normalized spacial score (nSPS) is 12.7. The van der Waals surface area contributed by atoms with Crippen LogP contribution in [0.25, 0.3) is 0 Å². The van der Waals surface area contributed by atoms with Crippen LogP contribution in [0.15, 0.2) is 12.1 Å². The van der Waals surface area contributed by atoms with Gasteiger partial charge in [0.05, 0.1) is 13.7 Å². The van der Waals surface area contributed by atoms with E-state index >= 15 is 0 Å². The molecule has 1 aromatic rings. The molecule has 1 aliphatic heterocycles. The lowest BCUT2D eigenvalue weighted by atomic mass is 10.1. The van der Waals surface area contributed by atoms with Crippen molar-refractivity contribution in [1.82, 2.24) is 0 Å². The Bertz CT molecular complexity index is 505. The van der Waals surface area contributed by atoms with Gasteiger partial charge in [0.15, 0.2) is 17.3 Å². The summed E-state index contributed by atoms with van der Waals surface area (Å²) in [7, 11) is 1.48. The van der Waals surface area contributed by atoms with Crippen LogP contribution in [0.4, 0.5) is 0 Å². The van der Waals surface area contributed by atoms with Crippen molar-refractivity contribution >= 4 is 11.8 Å². The Morgan fingerprint density at radius 2 is 2.00 bits per heavy atom. The molecule has 2 rings (SSSR count). The van der Waals surface area contributed by atoms with E-state index in [0.29, 0.717) is 36.0 Å². The van der Waals surface area contributed by atoms with Gasteiger partial charge in [-0.15, -0.1) is 0 Å². The number of benzene rings is 1. The number of hydrogen-bond acceptors (Lipinski definition) is 6. The average Bonchev–Trinajstić information content (AvgIpc) is 2.46. The molecule has 0 radical (unpaired) electrons. The first-order valence-corrected chi connectivity index (χ1v) is 6.32. The molecule has 1 heterocycles. The molecule has 20 heavy (non-hydrogen) atoms. The number of carbonyl (C=O) groups is 2. The summed E-state index contributed by atoms with van der Waals surface area (Å²) in [5.74, 6) is 0.439. The largest absolute Gasteiger partial charge is 0.493 e. The van der Waals surface area contributed by atoms with Crippen LogP contribution in [0.1, 0.15) is 23.7 Å². The van der Waals surface area contributed by atoms with Crippen molar-refractivity contribution in [3.8, 4) is 17.2 Å². The van der Waals surface area contributed by atoms with Crippen LogP contribution in [0, 0.1) is 0 Å². The maximum absolute atomic E-state index is 12.0. The van der Waals surface area contributed by atoms with E-state index in [-0.39, 0.29) is 18.8 Å². The molecule has 0 bridgehead atoms. The van der Waals surface area contributed by atoms with Crippen molar-refractivity contribution in [1.29, 1.82) is 0 Å². The van der Waals surface area contributed by atoms with Crippen molar-refractivity contribution in [2.75, 3.05) is 26.9 Å². The number of ether oxygens (including phenoxy) is 4. The van der Waals surface area contributed by atoms with Gasteiger partial charge in [0, 0.05) is 5.56 Å². The standard InChI is InChI=1S/C14H16O6/c1-3-18-13(16)8-10(15)9-6-11(17-2)14-12(7-9)19-4-5-20-14/h6-7H,3-5,8H2,1-2H3. The fraction of sp³-hybridized carbons (Fsp3) is 0.429. The summed E-state index contributed by atoms with van der Waals surface area (Å²) in [6.45, 7) is 2.78. The molecule has 0 aliphatic carbocycles. The number of carbonyl (C=O) groups excluding carboxylic acids is 2. The Balaban J connectivity index is 2.23. The van der Waals surface area contributed by atoms with Crippen LogP contribution >= 0.6 is 0 Å². The summed E-state index contributed by atoms with van der Waals surface area (Å²) in [6, 6.07) is 3.09. The van der Waals surface area contributed by atoms with Gasteiger partial charge in [-0.25, -0.2) is 0 Å². The van der Waals surface area contributed by atoms with E-state index in [4.69, 9.17) is 18.9 Å². The van der Waals surface area contributed by atoms with Crippen molar-refractivity contribution in [3.05, 3.63) is 17.7 Å². The summed E-state index contributed by atoms with van der Waals surface area (Å²) in [4.78, 5) is 23.4. The fourth-order valence-corrected chi connectivity index (χ4v) is 1.88. The predicted octanol–water partition coefficient (Wildman–Crippen LogP) is 1.60. The maximum atomic E-state index is 12.0. The SMILES string of the molecule is CCOC(=O)CC(=O)c1cc(OC)c2c(c1)OCCO2. The molecule has 0 saturated heterocycles. The molecule has 1 aliphatic rings. The molecule has 0 amide bonds. The lowest BCUT2D eigenvalue weighted by Crippen LogP contribution is -2.17. The Morgan fingerprint density at radius 1 is 1.25 bits per heavy atom. The van der Waals surface area contributed by atoms with Crippen molar-refractivity contribution in [2.24, 2.45) is 0 Å². The lowest BCUT2D eigenvalue weighted by Gasteiger charge is -2.21. The van der Waals surface area contributed by atoms with Gasteiger partial charge in [0.1, 0.15) is 19.6 Å². The second-order valence-corrected chi connectivity index (χ2v) is 4.11. The van der Waals surface area contributed by atoms with E-state index < -0.39 is 5.97 Å². The Kier molecular flexibility index (Phi) is 4.45. The molecule has 0 saturated carbocycles. The van der Waals surface area contributed by atoms with E-state index in [0.717, 1.165) is 0 Å². The summed E-state index contributed by atoms with van der Waals surface area (Å²) in [5, 5.41) is 0. The minimum atomic E-state index is -0.550. The third kappa shape index (κ3) is 3.01. The fourth-order valence-electron chi connectivity index (χ4n) is 1.88. The second-order valence-electron chi connectivity index (χ2n) is 4.11. The van der Waals surface area contributed by atoms with Crippen molar-refractivity contribution in [3.63, 3.8) is 0 Å². The minimum absolute atomic E-state index is 0.247. The molecule has 0 atom stereocenters. The van der Waals surface area contributed by atoms with E-state index in [1.165, 1.54) is 13.2 Å². The summed E-state index contributed by atoms with van der Waals surface area (Å²) in [5.41, 5.74) is 0.333. The minimum Gasteiger partial charge on any atom is -0.493 e. The van der Waals surface area contributed by atoms with Gasteiger partial charge < -0.3 is 18.9 Å². The Morgan fingerprint density at radius 3 is 2.70 bits per heavy atom. The number of Topliss-reactive ketones (excluding diaryl/α,β-unsaturated/α-hetero) is 1. The number of esters is 1. The van der Waals surface area contributed by atoms with Crippen LogP contribution in [-0.2, 0) is 9.53 Å². The number of hydrogen-bond donors (Lipinski definition) is 0. The topological polar surface area (TPSA) is 71.1 Å². The highest BCUT2D eigenvalue weighted by atomic mass is 16.6. The highest BCUT2D eigenvalue weighted by Crippen LogP contribution is 2.40. The molecule has 0 N–H and O–H groups in total. The van der Waals surface area contributed by atoms with Gasteiger partial charge in [0.2, 0.25) is 5.75 Å². The van der Waals surface area contributed by atoms with E-state index in [9.17, 15) is 9.59 Å². The zero-order valence-corrected chi connectivity index (χ0v) is 11.4. The summed E-state index contributed by atoms with van der Waals surface area (Å²) < 4.78 is 20.8. The van der Waals surface area contributed by atoms with Gasteiger partial charge in [-0.05, 0) is 19.1 Å². The number of ketones is 1. The van der Waals surface area contributed by atoms with Crippen LogP contribution in [0.3, 0.4) is 0 Å². The third-order valence-electron chi connectivity index (χ3n) is 2.76. The van der Waals surface area contributed by atoms with Crippen LogP contribution < -0.4 is 14.2 Å². The highest BCUT2D eigenvalue weighted by Gasteiger charge is 2.22. The van der Waals surface area contributed by atoms with E-state index in [2.05, 4.69) is 0 Å². The predicted molar refractivity (Wildman–Crippen MR) is 69.6 cm³/mol. The molecule has 0 unspecified atom stereocenters. The van der Waals surface area contributed by atoms with Crippen molar-refractivity contribution in [2.45, 2.75) is 13.3 Å². The molecule has 108 valence electrons. The Hall–Kier alpha value is -2.24. The molecule has 0 fully saturated rings. The van der Waals surface area contributed by atoms with Gasteiger partial charge >= 0.3 is 5.97 Å². The number of fused-ring (bicyclic) bond motifs is 1. The maximum Gasteiger partial charge on any atom is 0.313 e. The molecule has 0 aromatic heterocycles. The smallest absolute Gasteiger partial charge is 0.313 e. The molecule has 0 spiro atoms. The molecular formula is C14H16O6. The first-order chi connectivity index (χ1) is 9.65. The zero-order valence-electron chi connectivity index (χ0n) is 11.4. The number of methoxy groups -OCH3 is 1. The monoisotopic (exact) mass is 280 g/mol. The first kappa shape index (κ1) is 14.2. The quantitative estimate of drug-likeness (QED) is 0.463. The van der Waals surface area contributed by atoms with Gasteiger partial charge in [-0.2, -0.15) is 0 Å². The first-order valence-electron chi connectivity index (χ1n) is 6.32. The highest BCUT2D eigenvalue weighted by molar-refractivity contribution is 6.06. The molecular weight excluding hydrogens is 264 g/mol. The van der Waals surface area contributed by atoms with Crippen LogP contribution in [-0.4, -0.2) is 38.7 Å². The van der Waals surface area contributed by atoms with E-state index in [1.54, 1.807) is 13.0 Å². The van der Waals surface area contributed by atoms with Crippen LogP contribution in [0.2, 0.25) is 0 Å². The molecule has 6 nitrogen and oxygen atoms in total. The summed E-state index contributed by atoms with van der Waals surface area (Å²) in [6.07, 6.45) is -0.309. The van der Waals surface area contributed by atoms with Crippen molar-refractivity contribution < 1.29 is 28.5 Å². The molecule has 1 aromatic carbocycles. The van der Waals surface area contributed by atoms with Crippen LogP contribution in [0.5, 0.6) is 17.2 Å². The van der Waals surface area contributed by atoms with Gasteiger partial charge in [-0.3, -0.25) is 9.59 Å². The second kappa shape index (κ2) is 6.27. The Labute approximate surface area is 116 Å². The zero-order chi connectivity index (χ0) is 14.5. The molecule has 6 heteroatoms. The van der Waals surface area contributed by atoms with Gasteiger partial charge in [0.25, 0.3) is 0 Å². The van der Waals surface area contributed by atoms with Gasteiger partial charge in [-0.1, -0.05) is 0 Å². The summed E-state index contributed by atoms with van der Waals surface area (Å²) >= 11 is 0. The third-order valence-corrected chi connectivity index (χ3v) is 2.76. The van der Waals surface area contributed by atoms with E-state index in [1.807, 2.05) is 0 Å².